The molecule has 2 heteroatoms. The van der Waals surface area contributed by atoms with E-state index < -0.39 is 11.6 Å². The molecule has 0 spiro atoms. The van der Waals surface area contributed by atoms with E-state index in [1.807, 2.05) is 6.07 Å². The SMILES string of the molecule is C[C@@]1(C#N)C[C@@H]1F. The second-order valence-electron chi connectivity index (χ2n) is 2.20. The average Bonchev–Trinajstić information content (AvgIpc) is 2.18. The molecule has 2 atom stereocenters. The van der Waals surface area contributed by atoms with E-state index in [4.69, 9.17) is 5.26 Å². The van der Waals surface area contributed by atoms with Crippen LogP contribution in [0.25, 0.3) is 0 Å². The molecular weight excluding hydrogens is 93.1 g/mol. The molecule has 0 amide bonds. The molecule has 0 bridgehead atoms. The summed E-state index contributed by atoms with van der Waals surface area (Å²) in [4.78, 5) is 0. The number of hydrogen-bond donors (Lipinski definition) is 0. The van der Waals surface area contributed by atoms with Crippen molar-refractivity contribution in [3.8, 4) is 6.07 Å². The molecule has 1 rings (SSSR count). The molecule has 1 nitrogen and oxygen atoms in total. The standard InChI is InChI=1S/C5H6FN/c1-5(3-7)2-4(5)6/h4H,2H2,1H3/t4-,5-/m0/s1. The molecule has 0 aromatic rings. The average molecular weight is 99.1 g/mol. The summed E-state index contributed by atoms with van der Waals surface area (Å²) in [6.45, 7) is 1.64. The normalized spacial score (nSPS) is 47.9. The number of hydrogen-bond acceptors (Lipinski definition) is 1. The molecule has 0 aromatic carbocycles. The van der Waals surface area contributed by atoms with Crippen LogP contribution in [0.4, 0.5) is 4.39 Å². The highest BCUT2D eigenvalue weighted by Crippen LogP contribution is 2.47. The van der Waals surface area contributed by atoms with Gasteiger partial charge in [-0.25, -0.2) is 4.39 Å². The largest absolute Gasteiger partial charge is 0.246 e. The fourth-order valence-corrected chi connectivity index (χ4v) is 0.429. The minimum atomic E-state index is -0.850. The molecule has 38 valence electrons. The Morgan fingerprint density at radius 1 is 2.00 bits per heavy atom. The van der Waals surface area contributed by atoms with Crippen LogP contribution in [0.15, 0.2) is 0 Å². The summed E-state index contributed by atoms with van der Waals surface area (Å²) >= 11 is 0. The van der Waals surface area contributed by atoms with Crippen molar-refractivity contribution in [2.45, 2.75) is 19.5 Å². The summed E-state index contributed by atoms with van der Waals surface area (Å²) in [5.74, 6) is 0. The molecule has 1 aliphatic carbocycles. The van der Waals surface area contributed by atoms with Gasteiger partial charge in [-0.2, -0.15) is 5.26 Å². The van der Waals surface area contributed by atoms with Crippen molar-refractivity contribution in [1.29, 1.82) is 5.26 Å². The maximum absolute atomic E-state index is 11.9. The van der Waals surface area contributed by atoms with Gasteiger partial charge in [0.25, 0.3) is 0 Å². The smallest absolute Gasteiger partial charge is 0.120 e. The summed E-state index contributed by atoms with van der Waals surface area (Å²) in [7, 11) is 0. The Morgan fingerprint density at radius 2 is 2.43 bits per heavy atom. The number of rotatable bonds is 0. The van der Waals surface area contributed by atoms with Crippen LogP contribution >= 0.6 is 0 Å². The second-order valence-corrected chi connectivity index (χ2v) is 2.20. The van der Waals surface area contributed by atoms with Gasteiger partial charge in [-0.05, 0) is 6.92 Å². The van der Waals surface area contributed by atoms with Crippen LogP contribution in [0.3, 0.4) is 0 Å². The van der Waals surface area contributed by atoms with Crippen LogP contribution in [-0.4, -0.2) is 6.17 Å². The molecule has 0 N–H and O–H groups in total. The number of nitriles is 1. The van der Waals surface area contributed by atoms with E-state index in [-0.39, 0.29) is 0 Å². The Balaban J connectivity index is 2.57. The van der Waals surface area contributed by atoms with Crippen molar-refractivity contribution in [3.63, 3.8) is 0 Å². The first-order chi connectivity index (χ1) is 3.19. The van der Waals surface area contributed by atoms with Crippen molar-refractivity contribution >= 4 is 0 Å². The van der Waals surface area contributed by atoms with Gasteiger partial charge in [0.15, 0.2) is 0 Å². The highest BCUT2D eigenvalue weighted by molar-refractivity contribution is 5.14. The first-order valence-corrected chi connectivity index (χ1v) is 2.24. The van der Waals surface area contributed by atoms with Crippen LogP contribution in [-0.2, 0) is 0 Å². The number of alkyl halides is 1. The van der Waals surface area contributed by atoms with Gasteiger partial charge in [0, 0.05) is 6.42 Å². The van der Waals surface area contributed by atoms with E-state index in [0.29, 0.717) is 6.42 Å². The lowest BCUT2D eigenvalue weighted by Crippen LogP contribution is -1.90. The van der Waals surface area contributed by atoms with E-state index in [9.17, 15) is 4.39 Å². The minimum Gasteiger partial charge on any atom is -0.246 e. The van der Waals surface area contributed by atoms with Crippen molar-refractivity contribution in [1.82, 2.24) is 0 Å². The van der Waals surface area contributed by atoms with Crippen molar-refractivity contribution in [2.75, 3.05) is 0 Å². The molecule has 1 saturated carbocycles. The number of nitrogens with zero attached hydrogens (tertiary/aromatic N) is 1. The Bertz CT molecular complexity index is 127. The summed E-state index contributed by atoms with van der Waals surface area (Å²) in [6, 6.07) is 1.89. The first-order valence-electron chi connectivity index (χ1n) is 2.24. The third-order valence-corrected chi connectivity index (χ3v) is 1.39. The molecule has 0 unspecified atom stereocenters. The van der Waals surface area contributed by atoms with E-state index in [0.717, 1.165) is 0 Å². The summed E-state index contributed by atoms with van der Waals surface area (Å²) < 4.78 is 11.9. The van der Waals surface area contributed by atoms with Crippen LogP contribution in [0.2, 0.25) is 0 Å². The van der Waals surface area contributed by atoms with Crippen LogP contribution in [0.5, 0.6) is 0 Å². The highest BCUT2D eigenvalue weighted by Gasteiger charge is 2.51. The molecule has 0 aromatic heterocycles. The predicted molar refractivity (Wildman–Crippen MR) is 23.2 cm³/mol. The Hall–Kier alpha value is -0.580. The summed E-state index contributed by atoms with van der Waals surface area (Å²) in [6.07, 6.45) is -0.416. The van der Waals surface area contributed by atoms with Gasteiger partial charge < -0.3 is 0 Å². The molecule has 0 radical (unpaired) electrons. The third kappa shape index (κ3) is 0.486. The van der Waals surface area contributed by atoms with Gasteiger partial charge in [0.05, 0.1) is 11.5 Å². The minimum absolute atomic E-state index is 0.434. The van der Waals surface area contributed by atoms with Crippen molar-refractivity contribution in [3.05, 3.63) is 0 Å². The highest BCUT2D eigenvalue weighted by atomic mass is 19.1. The van der Waals surface area contributed by atoms with E-state index >= 15 is 0 Å². The van der Waals surface area contributed by atoms with Crippen LogP contribution < -0.4 is 0 Å². The molecule has 1 fully saturated rings. The van der Waals surface area contributed by atoms with Crippen molar-refractivity contribution < 1.29 is 4.39 Å². The van der Waals surface area contributed by atoms with Crippen LogP contribution in [0, 0.1) is 16.7 Å². The molecular formula is C5H6FN. The monoisotopic (exact) mass is 99.0 g/mol. The van der Waals surface area contributed by atoms with E-state index in [1.54, 1.807) is 6.92 Å². The zero-order valence-corrected chi connectivity index (χ0v) is 4.11. The van der Waals surface area contributed by atoms with Crippen molar-refractivity contribution in [2.24, 2.45) is 5.41 Å². The molecule has 0 saturated heterocycles. The Labute approximate surface area is 41.8 Å². The van der Waals surface area contributed by atoms with Gasteiger partial charge in [0.1, 0.15) is 6.17 Å². The Kier molecular flexibility index (Phi) is 0.637. The van der Waals surface area contributed by atoms with Gasteiger partial charge in [-0.1, -0.05) is 0 Å². The number of halogens is 1. The maximum atomic E-state index is 11.9. The fourth-order valence-electron chi connectivity index (χ4n) is 0.429. The zero-order valence-electron chi connectivity index (χ0n) is 4.11. The zero-order chi connectivity index (χ0) is 5.49. The molecule has 0 heterocycles. The van der Waals surface area contributed by atoms with Gasteiger partial charge in [-0.3, -0.25) is 0 Å². The summed E-state index contributed by atoms with van der Waals surface area (Å²) in [5.41, 5.74) is -0.611. The second kappa shape index (κ2) is 0.975. The van der Waals surface area contributed by atoms with Gasteiger partial charge in [-0.15, -0.1) is 0 Å². The van der Waals surface area contributed by atoms with Gasteiger partial charge in [0.2, 0.25) is 0 Å². The topological polar surface area (TPSA) is 23.8 Å². The maximum Gasteiger partial charge on any atom is 0.120 e. The fraction of sp³-hybridized carbons (Fsp3) is 0.800. The predicted octanol–water partition coefficient (Wildman–Crippen LogP) is 1.26. The van der Waals surface area contributed by atoms with E-state index in [2.05, 4.69) is 0 Å². The third-order valence-electron chi connectivity index (χ3n) is 1.39. The van der Waals surface area contributed by atoms with E-state index in [1.165, 1.54) is 0 Å². The molecule has 7 heavy (non-hydrogen) atoms. The van der Waals surface area contributed by atoms with Gasteiger partial charge >= 0.3 is 0 Å². The Morgan fingerprint density at radius 3 is 2.43 bits per heavy atom. The lowest BCUT2D eigenvalue weighted by atomic mass is 10.2. The lowest BCUT2D eigenvalue weighted by molar-refractivity contribution is 0.424. The lowest BCUT2D eigenvalue weighted by Gasteiger charge is -1.85. The molecule has 0 aliphatic heterocycles. The van der Waals surface area contributed by atoms with Crippen LogP contribution in [0.1, 0.15) is 13.3 Å². The molecule has 1 aliphatic rings. The first kappa shape index (κ1) is 4.58. The summed E-state index contributed by atoms with van der Waals surface area (Å²) in [5, 5.41) is 8.15. The quantitative estimate of drug-likeness (QED) is 0.448.